The number of ether oxygens (including phenoxy) is 2. The molecule has 2 saturated heterocycles. The van der Waals surface area contributed by atoms with Crippen LogP contribution >= 0.6 is 7.75 Å². The van der Waals surface area contributed by atoms with Crippen molar-refractivity contribution in [1.29, 1.82) is 0 Å². The number of carbonyl (C=O) groups excluding carboxylic acids is 1. The van der Waals surface area contributed by atoms with Crippen molar-refractivity contribution in [2.24, 2.45) is 5.41 Å². The highest BCUT2D eigenvalue weighted by atomic mass is 31.2. The molecule has 154 valence electrons. The van der Waals surface area contributed by atoms with Crippen LogP contribution < -0.4 is 16.3 Å². The van der Waals surface area contributed by atoms with Crippen LogP contribution in [0.5, 0.6) is 0 Å². The van der Waals surface area contributed by atoms with E-state index in [-0.39, 0.29) is 18.8 Å². The Kier molecular flexibility index (Phi) is 4.63. The molecule has 0 bridgehead atoms. The Bertz CT molecular complexity index is 958. The van der Waals surface area contributed by atoms with Gasteiger partial charge in [-0.3, -0.25) is 28.2 Å². The number of hydrogen-bond donors (Lipinski definition) is 2. The lowest BCUT2D eigenvalue weighted by atomic mass is 10.0. The predicted molar refractivity (Wildman–Crippen MR) is 94.5 cm³/mol. The summed E-state index contributed by atoms with van der Waals surface area (Å²) in [6.45, 7) is 5.06. The van der Waals surface area contributed by atoms with E-state index in [1.165, 1.54) is 23.8 Å². The van der Waals surface area contributed by atoms with E-state index in [9.17, 15) is 18.9 Å². The van der Waals surface area contributed by atoms with E-state index < -0.39 is 48.8 Å². The summed E-state index contributed by atoms with van der Waals surface area (Å²) >= 11 is 0. The van der Waals surface area contributed by atoms with Gasteiger partial charge in [0.05, 0.1) is 24.2 Å². The van der Waals surface area contributed by atoms with Crippen LogP contribution in [0.15, 0.2) is 21.9 Å². The lowest BCUT2D eigenvalue weighted by molar-refractivity contribution is -0.149. The van der Waals surface area contributed by atoms with Gasteiger partial charge < -0.3 is 9.47 Å². The molecule has 2 N–H and O–H groups in total. The average Bonchev–Trinajstić information content (AvgIpc) is 3.01. The second-order valence-corrected chi connectivity index (χ2v) is 9.32. The fraction of sp³-hybridized carbons (Fsp3) is 0.688. The molecular formula is C16H22N3O8P. The molecule has 3 fully saturated rings. The van der Waals surface area contributed by atoms with Gasteiger partial charge in [-0.25, -0.2) is 14.4 Å². The Labute approximate surface area is 159 Å². The van der Waals surface area contributed by atoms with Crippen LogP contribution in [-0.4, -0.2) is 46.5 Å². The van der Waals surface area contributed by atoms with Gasteiger partial charge in [-0.1, -0.05) is 0 Å². The van der Waals surface area contributed by atoms with Crippen LogP contribution in [0.1, 0.15) is 33.4 Å². The average molecular weight is 415 g/mol. The van der Waals surface area contributed by atoms with Crippen molar-refractivity contribution in [2.45, 2.75) is 57.8 Å². The third kappa shape index (κ3) is 3.27. The van der Waals surface area contributed by atoms with Crippen molar-refractivity contribution in [3.05, 3.63) is 33.1 Å². The maximum absolute atomic E-state index is 12.8. The number of hydrogen-bond acceptors (Lipinski definition) is 8. The maximum Gasteiger partial charge on any atom is 0.406 e. The number of rotatable bonds is 5. The second-order valence-electron chi connectivity index (χ2n) is 7.60. The highest BCUT2D eigenvalue weighted by molar-refractivity contribution is 7.51. The summed E-state index contributed by atoms with van der Waals surface area (Å²) in [5, 5.41) is 2.59. The van der Waals surface area contributed by atoms with Crippen LogP contribution in [0.3, 0.4) is 0 Å². The first-order chi connectivity index (χ1) is 13.1. The van der Waals surface area contributed by atoms with E-state index in [1.807, 2.05) is 0 Å². The van der Waals surface area contributed by atoms with Gasteiger partial charge in [-0.05, 0) is 20.8 Å². The third-order valence-corrected chi connectivity index (χ3v) is 6.81. The van der Waals surface area contributed by atoms with Gasteiger partial charge >= 0.3 is 19.4 Å². The summed E-state index contributed by atoms with van der Waals surface area (Å²) < 4.78 is 36.2. The largest absolute Gasteiger partial charge is 0.462 e. The SMILES string of the molecule is CC(C)OC(=O)C(C)NP1(=O)OCC23CC(n4ccc(=O)[nH]c4=O)OC2C3O1. The fourth-order valence-electron chi connectivity index (χ4n) is 3.68. The molecule has 1 aromatic heterocycles. The molecule has 1 aromatic rings. The van der Waals surface area contributed by atoms with Crippen LogP contribution in [0, 0.1) is 5.41 Å². The molecule has 1 saturated carbocycles. The first-order valence-corrected chi connectivity index (χ1v) is 10.6. The number of fused-ring (bicyclic) bond motifs is 1. The summed E-state index contributed by atoms with van der Waals surface area (Å²) in [4.78, 5) is 37.2. The number of carbonyl (C=O) groups is 1. The zero-order valence-electron chi connectivity index (χ0n) is 15.6. The van der Waals surface area contributed by atoms with Crippen molar-refractivity contribution in [1.82, 2.24) is 14.6 Å². The molecule has 6 atom stereocenters. The van der Waals surface area contributed by atoms with Gasteiger partial charge in [0.15, 0.2) is 0 Å². The number of esters is 1. The topological polar surface area (TPSA) is 138 Å². The molecular weight excluding hydrogens is 393 g/mol. The number of aromatic nitrogens is 2. The molecule has 1 aliphatic carbocycles. The molecule has 1 spiro atoms. The van der Waals surface area contributed by atoms with E-state index in [0.717, 1.165) is 0 Å². The van der Waals surface area contributed by atoms with Gasteiger partial charge in [0.1, 0.15) is 18.4 Å². The molecule has 0 aromatic carbocycles. The summed E-state index contributed by atoms with van der Waals surface area (Å²) in [6, 6.07) is 0.377. The molecule has 2 aliphatic heterocycles. The first kappa shape index (κ1) is 19.5. The Morgan fingerprint density at radius 2 is 2.14 bits per heavy atom. The van der Waals surface area contributed by atoms with Gasteiger partial charge in [0.2, 0.25) is 0 Å². The van der Waals surface area contributed by atoms with Gasteiger partial charge in [0, 0.05) is 18.7 Å². The molecule has 0 amide bonds. The highest BCUT2D eigenvalue weighted by Crippen LogP contribution is 2.70. The van der Waals surface area contributed by atoms with Crippen LogP contribution in [0.2, 0.25) is 0 Å². The summed E-state index contributed by atoms with van der Waals surface area (Å²) in [6.07, 6.45) is 0.0942. The first-order valence-electron chi connectivity index (χ1n) is 9.02. The van der Waals surface area contributed by atoms with Gasteiger partial charge in [-0.2, -0.15) is 0 Å². The Balaban J connectivity index is 1.40. The minimum atomic E-state index is -3.70. The Hall–Kier alpha value is -1.78. The molecule has 0 radical (unpaired) electrons. The molecule has 3 heterocycles. The highest BCUT2D eigenvalue weighted by Gasteiger charge is 2.76. The van der Waals surface area contributed by atoms with Crippen molar-refractivity contribution in [3.8, 4) is 0 Å². The summed E-state index contributed by atoms with van der Waals surface area (Å²) in [7, 11) is -3.70. The van der Waals surface area contributed by atoms with Crippen LogP contribution in [0.25, 0.3) is 0 Å². The monoisotopic (exact) mass is 415 g/mol. The van der Waals surface area contributed by atoms with Gasteiger partial charge in [-0.15, -0.1) is 0 Å². The minimum absolute atomic E-state index is 0.104. The quantitative estimate of drug-likeness (QED) is 0.513. The fourth-order valence-corrected chi connectivity index (χ4v) is 5.48. The second kappa shape index (κ2) is 6.64. The van der Waals surface area contributed by atoms with Gasteiger partial charge in [0.25, 0.3) is 5.56 Å². The smallest absolute Gasteiger partial charge is 0.406 e. The zero-order valence-corrected chi connectivity index (χ0v) is 16.5. The van der Waals surface area contributed by atoms with Crippen LogP contribution in [0.4, 0.5) is 0 Å². The summed E-state index contributed by atoms with van der Waals surface area (Å²) in [5.41, 5.74) is -1.55. The van der Waals surface area contributed by atoms with E-state index in [1.54, 1.807) is 13.8 Å². The number of nitrogens with zero attached hydrogens (tertiary/aromatic N) is 1. The van der Waals surface area contributed by atoms with E-state index >= 15 is 0 Å². The zero-order chi connectivity index (χ0) is 20.3. The predicted octanol–water partition coefficient (Wildman–Crippen LogP) is 0.277. The van der Waals surface area contributed by atoms with Crippen molar-refractivity contribution < 1.29 is 27.9 Å². The maximum atomic E-state index is 12.8. The van der Waals surface area contributed by atoms with Crippen molar-refractivity contribution in [3.63, 3.8) is 0 Å². The molecule has 12 heteroatoms. The van der Waals surface area contributed by atoms with Crippen molar-refractivity contribution >= 4 is 13.7 Å². The number of nitrogens with one attached hydrogen (secondary N) is 2. The molecule has 3 aliphatic rings. The van der Waals surface area contributed by atoms with E-state index in [0.29, 0.717) is 6.42 Å². The van der Waals surface area contributed by atoms with Crippen molar-refractivity contribution in [2.75, 3.05) is 6.61 Å². The standard InChI is InChI=1S/C16H22N3O8P/c1-8(2)25-14(21)9(3)18-28(23)24-7-16-6-11(26-12(16)13(16)27-28)19-5-4-10(20)17-15(19)22/h4-5,8-9,11-13H,6-7H2,1-3H3,(H,18,23)(H,17,20,22). The number of H-pyrrole nitrogens is 1. The van der Waals surface area contributed by atoms with E-state index in [4.69, 9.17) is 18.5 Å². The third-order valence-electron chi connectivity index (χ3n) is 5.13. The molecule has 28 heavy (non-hydrogen) atoms. The summed E-state index contributed by atoms with van der Waals surface area (Å²) in [5.74, 6) is -0.553. The Morgan fingerprint density at radius 3 is 2.82 bits per heavy atom. The molecule has 6 unspecified atom stereocenters. The van der Waals surface area contributed by atoms with E-state index in [2.05, 4.69) is 10.1 Å². The minimum Gasteiger partial charge on any atom is -0.462 e. The number of aromatic amines is 1. The Morgan fingerprint density at radius 1 is 1.39 bits per heavy atom. The van der Waals surface area contributed by atoms with Crippen LogP contribution in [-0.2, 0) is 27.9 Å². The molecule has 4 rings (SSSR count). The molecule has 11 nitrogen and oxygen atoms in total. The normalized spacial score (nSPS) is 37.2. The lowest BCUT2D eigenvalue weighted by Crippen LogP contribution is -2.38. The lowest BCUT2D eigenvalue weighted by Gasteiger charge is -2.30.